The monoisotopic (exact) mass is 315 g/mol. The molecule has 6 nitrogen and oxygen atoms in total. The molecule has 2 N–H and O–H groups in total. The Morgan fingerprint density at radius 1 is 1.19 bits per heavy atom. The lowest BCUT2D eigenvalue weighted by molar-refractivity contribution is 0.0317. The van der Waals surface area contributed by atoms with Crippen LogP contribution >= 0.6 is 0 Å². The summed E-state index contributed by atoms with van der Waals surface area (Å²) < 4.78 is 33.0. The first-order valence-corrected chi connectivity index (χ1v) is 8.35. The summed E-state index contributed by atoms with van der Waals surface area (Å²) in [5, 5.41) is 5.07. The van der Waals surface area contributed by atoms with Crippen LogP contribution in [0.1, 0.15) is 36.2 Å². The van der Waals surface area contributed by atoms with Gasteiger partial charge in [0.1, 0.15) is 6.61 Å². The van der Waals surface area contributed by atoms with Crippen molar-refractivity contribution in [1.29, 1.82) is 0 Å². The molecule has 0 saturated carbocycles. The van der Waals surface area contributed by atoms with E-state index in [9.17, 15) is 13.2 Å². The molecule has 1 rings (SSSR count). The van der Waals surface area contributed by atoms with Gasteiger partial charge in [-0.15, -0.1) is 0 Å². The number of aryl methyl sites for hydroxylation is 1. The van der Waals surface area contributed by atoms with E-state index in [4.69, 9.17) is 14.6 Å². The van der Waals surface area contributed by atoms with E-state index in [1.165, 1.54) is 12.1 Å². The summed E-state index contributed by atoms with van der Waals surface area (Å²) in [7, 11) is -3.85. The summed E-state index contributed by atoms with van der Waals surface area (Å²) in [4.78, 5) is 11.9. The molecule has 0 unspecified atom stereocenters. The highest BCUT2D eigenvalue weighted by Gasteiger charge is 2.16. The van der Waals surface area contributed by atoms with Gasteiger partial charge >= 0.3 is 5.97 Å². The fraction of sp³-hybridized carbons (Fsp3) is 0.500. The van der Waals surface area contributed by atoms with E-state index >= 15 is 0 Å². The number of benzene rings is 1. The number of esters is 1. The smallest absolute Gasteiger partial charge is 0.338 e. The minimum atomic E-state index is -3.85. The van der Waals surface area contributed by atoms with Crippen molar-refractivity contribution in [3.63, 3.8) is 0 Å². The normalized spacial score (nSPS) is 11.4. The summed E-state index contributed by atoms with van der Waals surface area (Å²) in [6.45, 7) is 4.90. The average Bonchev–Trinajstić information content (AvgIpc) is 2.45. The first-order chi connectivity index (χ1) is 9.90. The van der Waals surface area contributed by atoms with Gasteiger partial charge < -0.3 is 9.47 Å². The molecule has 0 radical (unpaired) electrons. The summed E-state index contributed by atoms with van der Waals surface area (Å²) >= 11 is 0. The van der Waals surface area contributed by atoms with Gasteiger partial charge in [0, 0.05) is 6.61 Å². The van der Waals surface area contributed by atoms with Crippen molar-refractivity contribution in [2.24, 2.45) is 5.14 Å². The molecule has 0 saturated heterocycles. The van der Waals surface area contributed by atoms with Crippen LogP contribution in [0.15, 0.2) is 23.1 Å². The zero-order chi connectivity index (χ0) is 15.9. The molecule has 0 aliphatic heterocycles. The van der Waals surface area contributed by atoms with E-state index < -0.39 is 16.0 Å². The van der Waals surface area contributed by atoms with Gasteiger partial charge in [0.15, 0.2) is 0 Å². The predicted molar refractivity (Wildman–Crippen MR) is 78.6 cm³/mol. The lowest BCUT2D eigenvalue weighted by atomic mass is 10.1. The van der Waals surface area contributed by atoms with E-state index in [-0.39, 0.29) is 17.1 Å². The maximum absolute atomic E-state index is 12.0. The number of carbonyl (C=O) groups excluding carboxylic acids is 1. The Morgan fingerprint density at radius 2 is 1.90 bits per heavy atom. The second-order valence-electron chi connectivity index (χ2n) is 4.47. The molecule has 21 heavy (non-hydrogen) atoms. The molecule has 0 amide bonds. The topological polar surface area (TPSA) is 95.7 Å². The summed E-state index contributed by atoms with van der Waals surface area (Å²) in [5.41, 5.74) is 0.932. The van der Waals surface area contributed by atoms with E-state index in [0.29, 0.717) is 25.2 Å². The zero-order valence-corrected chi connectivity index (χ0v) is 13.1. The highest BCUT2D eigenvalue weighted by Crippen LogP contribution is 2.17. The van der Waals surface area contributed by atoms with Gasteiger partial charge in [0.05, 0.1) is 17.1 Å². The van der Waals surface area contributed by atoms with Crippen LogP contribution in [-0.2, 0) is 25.9 Å². The lowest BCUT2D eigenvalue weighted by Gasteiger charge is -2.10. The Morgan fingerprint density at radius 3 is 2.48 bits per heavy atom. The van der Waals surface area contributed by atoms with Crippen molar-refractivity contribution < 1.29 is 22.7 Å². The first-order valence-electron chi connectivity index (χ1n) is 6.80. The number of sulfonamides is 1. The Hall–Kier alpha value is -1.44. The molecular weight excluding hydrogens is 294 g/mol. The molecular formula is C14H21NO5S. The molecule has 7 heteroatoms. The number of rotatable bonds is 8. The van der Waals surface area contributed by atoms with Crippen molar-refractivity contribution in [1.82, 2.24) is 0 Å². The SMILES string of the molecule is CCCOCCOC(=O)c1cc(S(N)(=O)=O)ccc1CC. The Labute approximate surface area is 125 Å². The van der Waals surface area contributed by atoms with Crippen LogP contribution in [0.3, 0.4) is 0 Å². The largest absolute Gasteiger partial charge is 0.460 e. The van der Waals surface area contributed by atoms with Crippen LogP contribution in [0.25, 0.3) is 0 Å². The lowest BCUT2D eigenvalue weighted by Crippen LogP contribution is -2.16. The maximum atomic E-state index is 12.0. The third-order valence-corrected chi connectivity index (χ3v) is 3.73. The Balaban J connectivity index is 2.82. The summed E-state index contributed by atoms with van der Waals surface area (Å²) in [5.74, 6) is -0.572. The molecule has 0 spiro atoms. The number of hydrogen-bond donors (Lipinski definition) is 1. The van der Waals surface area contributed by atoms with Gasteiger partial charge in [-0.1, -0.05) is 19.9 Å². The highest BCUT2D eigenvalue weighted by atomic mass is 32.2. The van der Waals surface area contributed by atoms with Crippen molar-refractivity contribution in [2.45, 2.75) is 31.6 Å². The van der Waals surface area contributed by atoms with E-state index in [1.54, 1.807) is 6.07 Å². The molecule has 0 aliphatic carbocycles. The summed E-state index contributed by atoms with van der Waals surface area (Å²) in [6.07, 6.45) is 1.48. The fourth-order valence-corrected chi connectivity index (χ4v) is 2.29. The van der Waals surface area contributed by atoms with E-state index in [2.05, 4.69) is 0 Å². The molecule has 1 aromatic rings. The van der Waals surface area contributed by atoms with Crippen LogP contribution in [0.5, 0.6) is 0 Å². The van der Waals surface area contributed by atoms with E-state index in [0.717, 1.165) is 6.42 Å². The minimum absolute atomic E-state index is 0.103. The Kier molecular flexibility index (Phi) is 6.80. The predicted octanol–water partition coefficient (Wildman–Crippen LogP) is 1.48. The first kappa shape index (κ1) is 17.6. The molecule has 0 atom stereocenters. The second-order valence-corrected chi connectivity index (χ2v) is 6.03. The molecule has 118 valence electrons. The fourth-order valence-electron chi connectivity index (χ4n) is 1.75. The van der Waals surface area contributed by atoms with Crippen LogP contribution in [-0.4, -0.2) is 34.2 Å². The molecule has 0 bridgehead atoms. The van der Waals surface area contributed by atoms with Gasteiger partial charge in [0.2, 0.25) is 10.0 Å². The molecule has 0 heterocycles. The number of ether oxygens (including phenoxy) is 2. The Bertz CT molecular complexity index is 583. The number of primary sulfonamides is 1. The van der Waals surface area contributed by atoms with Gasteiger partial charge in [-0.05, 0) is 30.5 Å². The molecule has 0 aliphatic rings. The van der Waals surface area contributed by atoms with E-state index in [1.807, 2.05) is 13.8 Å². The van der Waals surface area contributed by atoms with Gasteiger partial charge in [-0.2, -0.15) is 0 Å². The minimum Gasteiger partial charge on any atom is -0.460 e. The third kappa shape index (κ3) is 5.45. The standard InChI is InChI=1S/C14H21NO5S/c1-3-7-19-8-9-20-14(16)13-10-12(21(15,17)18)6-5-11(13)4-2/h5-6,10H,3-4,7-9H2,1-2H3,(H2,15,17,18). The third-order valence-electron chi connectivity index (χ3n) is 2.82. The van der Waals surface area contributed by atoms with Crippen molar-refractivity contribution in [3.8, 4) is 0 Å². The van der Waals surface area contributed by atoms with Gasteiger partial charge in [-0.3, -0.25) is 0 Å². The van der Waals surface area contributed by atoms with Crippen molar-refractivity contribution in [2.75, 3.05) is 19.8 Å². The summed E-state index contributed by atoms with van der Waals surface area (Å²) in [6, 6.07) is 4.21. The highest BCUT2D eigenvalue weighted by molar-refractivity contribution is 7.89. The van der Waals surface area contributed by atoms with Crippen molar-refractivity contribution in [3.05, 3.63) is 29.3 Å². The zero-order valence-electron chi connectivity index (χ0n) is 12.3. The number of carbonyl (C=O) groups is 1. The molecule has 1 aromatic carbocycles. The van der Waals surface area contributed by atoms with Crippen LogP contribution in [0, 0.1) is 0 Å². The van der Waals surface area contributed by atoms with Crippen LogP contribution < -0.4 is 5.14 Å². The molecule has 0 fully saturated rings. The number of hydrogen-bond acceptors (Lipinski definition) is 5. The van der Waals surface area contributed by atoms with Crippen LogP contribution in [0.2, 0.25) is 0 Å². The average molecular weight is 315 g/mol. The van der Waals surface area contributed by atoms with Gasteiger partial charge in [-0.25, -0.2) is 18.4 Å². The molecule has 0 aromatic heterocycles. The quantitative estimate of drug-likeness (QED) is 0.579. The van der Waals surface area contributed by atoms with Crippen molar-refractivity contribution >= 4 is 16.0 Å². The number of nitrogens with two attached hydrogens (primary N) is 1. The van der Waals surface area contributed by atoms with Gasteiger partial charge in [0.25, 0.3) is 0 Å². The second kappa shape index (κ2) is 8.11. The maximum Gasteiger partial charge on any atom is 0.338 e. The van der Waals surface area contributed by atoms with Crippen LogP contribution in [0.4, 0.5) is 0 Å².